The van der Waals surface area contributed by atoms with Crippen LogP contribution >= 0.6 is 22.7 Å². The number of benzene rings is 2. The monoisotopic (exact) mass is 446 g/mol. The van der Waals surface area contributed by atoms with Crippen LogP contribution in [-0.4, -0.2) is 25.9 Å². The molecule has 4 aromatic rings. The first-order valence-electron chi connectivity index (χ1n) is 8.62. The topological polar surface area (TPSA) is 76.1 Å². The minimum Gasteiger partial charge on any atom is -0.348 e. The lowest BCUT2D eigenvalue weighted by Gasteiger charge is -2.17. The van der Waals surface area contributed by atoms with Crippen molar-refractivity contribution in [3.8, 4) is 0 Å². The summed E-state index contributed by atoms with van der Waals surface area (Å²) in [5, 5.41) is 3.77. The highest BCUT2D eigenvalue weighted by Crippen LogP contribution is 2.31. The van der Waals surface area contributed by atoms with E-state index in [0.717, 1.165) is 22.3 Å². The summed E-state index contributed by atoms with van der Waals surface area (Å²) < 4.78 is 40.4. The number of aromatic nitrogens is 1. The van der Waals surface area contributed by atoms with E-state index in [9.17, 15) is 17.6 Å². The van der Waals surface area contributed by atoms with Crippen LogP contribution in [0.4, 0.5) is 4.39 Å². The van der Waals surface area contributed by atoms with Gasteiger partial charge in [-0.3, -0.25) is 4.79 Å². The van der Waals surface area contributed by atoms with Gasteiger partial charge < -0.3 is 5.32 Å². The average molecular weight is 447 g/mol. The Bertz CT molecular complexity index is 1220. The quantitative estimate of drug-likeness (QED) is 0.444. The number of hydrogen-bond donors (Lipinski definition) is 1. The molecule has 1 amide bonds. The zero-order chi connectivity index (χ0) is 20.4. The molecule has 0 saturated carbocycles. The molecule has 0 aliphatic heterocycles. The molecule has 0 unspecified atom stereocenters. The molecule has 2 aromatic heterocycles. The third-order valence-corrected chi connectivity index (χ3v) is 8.58. The van der Waals surface area contributed by atoms with Crippen LogP contribution in [0.25, 0.3) is 10.2 Å². The molecule has 0 spiro atoms. The maximum atomic E-state index is 13.2. The van der Waals surface area contributed by atoms with Crippen molar-refractivity contribution in [2.45, 2.75) is 10.1 Å². The highest BCUT2D eigenvalue weighted by Gasteiger charge is 2.31. The van der Waals surface area contributed by atoms with Crippen LogP contribution in [0.15, 0.2) is 70.9 Å². The maximum Gasteiger partial charge on any atom is 0.280 e. The van der Waals surface area contributed by atoms with Crippen molar-refractivity contribution in [1.82, 2.24) is 10.3 Å². The van der Waals surface area contributed by atoms with Gasteiger partial charge in [-0.2, -0.15) is 0 Å². The smallest absolute Gasteiger partial charge is 0.280 e. The van der Waals surface area contributed by atoms with Gasteiger partial charge in [-0.15, -0.1) is 22.7 Å². The summed E-state index contributed by atoms with van der Waals surface area (Å²) in [6, 6.07) is 15.5. The Morgan fingerprint density at radius 1 is 1.07 bits per heavy atom. The molecule has 148 valence electrons. The number of thiazole rings is 1. The predicted octanol–water partition coefficient (Wildman–Crippen LogP) is 4.44. The van der Waals surface area contributed by atoms with Crippen molar-refractivity contribution in [2.24, 2.45) is 0 Å². The second-order valence-corrected chi connectivity index (χ2v) is 10.3. The Morgan fingerprint density at radius 3 is 2.52 bits per heavy atom. The van der Waals surface area contributed by atoms with Crippen LogP contribution in [0.3, 0.4) is 0 Å². The Labute approximate surface area is 174 Å². The molecule has 1 atom stereocenters. The molecule has 0 aliphatic carbocycles. The molecule has 4 rings (SSSR count). The van der Waals surface area contributed by atoms with Crippen molar-refractivity contribution >= 4 is 48.6 Å². The molecule has 29 heavy (non-hydrogen) atoms. The summed E-state index contributed by atoms with van der Waals surface area (Å²) in [7, 11) is -3.83. The lowest BCUT2D eigenvalue weighted by Crippen LogP contribution is -2.31. The first kappa shape index (κ1) is 19.7. The van der Waals surface area contributed by atoms with E-state index in [2.05, 4.69) is 10.3 Å². The van der Waals surface area contributed by atoms with E-state index < -0.39 is 26.8 Å². The lowest BCUT2D eigenvalue weighted by molar-refractivity contribution is 0.0953. The largest absolute Gasteiger partial charge is 0.348 e. The molecule has 0 aliphatic rings. The van der Waals surface area contributed by atoms with E-state index in [1.165, 1.54) is 34.8 Å². The van der Waals surface area contributed by atoms with Crippen LogP contribution < -0.4 is 5.32 Å². The second-order valence-electron chi connectivity index (χ2n) is 6.20. The fraction of sp³-hybridized carbons (Fsp3) is 0.100. The Balaban J connectivity index is 1.59. The number of nitrogens with one attached hydrogen (secondary N) is 1. The van der Waals surface area contributed by atoms with Crippen LogP contribution in [0.1, 0.15) is 19.9 Å². The molecule has 0 bridgehead atoms. The number of thiophene rings is 1. The standard InChI is InChI=1S/C20H15FN2O3S3/c21-13-7-9-14(10-8-13)29(25,26)18(17-6-3-11-27-17)12-22-19(24)20-23-15-4-1-2-5-16(15)28-20/h1-11,18H,12H2,(H,22,24)/t18-/m1/s1. The van der Waals surface area contributed by atoms with Gasteiger partial charge in [0.2, 0.25) is 0 Å². The molecule has 1 N–H and O–H groups in total. The molecule has 0 fully saturated rings. The fourth-order valence-corrected chi connectivity index (χ4v) is 6.52. The van der Waals surface area contributed by atoms with E-state index in [1.807, 2.05) is 24.3 Å². The van der Waals surface area contributed by atoms with Crippen molar-refractivity contribution in [2.75, 3.05) is 6.54 Å². The van der Waals surface area contributed by atoms with Crippen LogP contribution in [0.2, 0.25) is 0 Å². The van der Waals surface area contributed by atoms with E-state index >= 15 is 0 Å². The SMILES string of the molecule is O=C(NC[C@H](c1cccs1)S(=O)(=O)c1ccc(F)cc1)c1nc2ccccc2s1. The van der Waals surface area contributed by atoms with Gasteiger partial charge in [0.05, 0.1) is 15.1 Å². The Morgan fingerprint density at radius 2 is 1.83 bits per heavy atom. The highest BCUT2D eigenvalue weighted by atomic mass is 32.2. The van der Waals surface area contributed by atoms with E-state index in [0.29, 0.717) is 4.88 Å². The number of carbonyl (C=O) groups excluding carboxylic acids is 1. The lowest BCUT2D eigenvalue weighted by atomic mass is 10.3. The van der Waals surface area contributed by atoms with Crippen molar-refractivity contribution in [1.29, 1.82) is 0 Å². The van der Waals surface area contributed by atoms with Crippen LogP contribution in [0.5, 0.6) is 0 Å². The van der Waals surface area contributed by atoms with Gasteiger partial charge >= 0.3 is 0 Å². The van der Waals surface area contributed by atoms with Crippen molar-refractivity contribution in [3.05, 3.63) is 81.7 Å². The molecule has 5 nitrogen and oxygen atoms in total. The van der Waals surface area contributed by atoms with Gasteiger partial charge in [0, 0.05) is 11.4 Å². The summed E-state index contributed by atoms with van der Waals surface area (Å²) >= 11 is 2.54. The third kappa shape index (κ3) is 4.07. The summed E-state index contributed by atoms with van der Waals surface area (Å²) in [6.45, 7) is -0.116. The van der Waals surface area contributed by atoms with E-state index in [4.69, 9.17) is 0 Å². The minimum atomic E-state index is -3.83. The minimum absolute atomic E-state index is 0.00605. The number of para-hydroxylation sites is 1. The number of carbonyl (C=O) groups is 1. The Hall–Kier alpha value is -2.62. The third-order valence-electron chi connectivity index (χ3n) is 4.31. The van der Waals surface area contributed by atoms with Crippen molar-refractivity contribution < 1.29 is 17.6 Å². The molecular weight excluding hydrogens is 431 g/mol. The first-order valence-corrected chi connectivity index (χ1v) is 11.9. The number of fused-ring (bicyclic) bond motifs is 1. The number of hydrogen-bond acceptors (Lipinski definition) is 6. The van der Waals surface area contributed by atoms with Gasteiger partial charge in [0.25, 0.3) is 5.91 Å². The second kappa shape index (κ2) is 8.02. The zero-order valence-electron chi connectivity index (χ0n) is 14.9. The van der Waals surface area contributed by atoms with Gasteiger partial charge in [-0.05, 0) is 47.8 Å². The Kier molecular flexibility index (Phi) is 5.44. The number of sulfone groups is 1. The summed E-state index contributed by atoms with van der Waals surface area (Å²) in [5.74, 6) is -0.942. The summed E-state index contributed by atoms with van der Waals surface area (Å²) in [6.07, 6.45) is 0. The molecular formula is C20H15FN2O3S3. The van der Waals surface area contributed by atoms with Crippen LogP contribution in [-0.2, 0) is 9.84 Å². The van der Waals surface area contributed by atoms with E-state index in [-0.39, 0.29) is 16.4 Å². The zero-order valence-corrected chi connectivity index (χ0v) is 17.4. The molecule has 0 saturated heterocycles. The highest BCUT2D eigenvalue weighted by molar-refractivity contribution is 7.91. The molecule has 2 aromatic carbocycles. The van der Waals surface area contributed by atoms with Gasteiger partial charge in [0.1, 0.15) is 11.1 Å². The maximum absolute atomic E-state index is 13.2. The molecule has 0 radical (unpaired) electrons. The predicted molar refractivity (Wildman–Crippen MR) is 113 cm³/mol. The van der Waals surface area contributed by atoms with Crippen LogP contribution in [0, 0.1) is 5.82 Å². The first-order chi connectivity index (χ1) is 13.9. The summed E-state index contributed by atoms with van der Waals surface area (Å²) in [5.41, 5.74) is 0.719. The molecule has 2 heterocycles. The summed E-state index contributed by atoms with van der Waals surface area (Å²) in [4.78, 5) is 17.5. The normalized spacial score (nSPS) is 12.7. The van der Waals surface area contributed by atoms with Gasteiger partial charge in [-0.1, -0.05) is 18.2 Å². The number of amides is 1. The van der Waals surface area contributed by atoms with Gasteiger partial charge in [0.15, 0.2) is 14.8 Å². The number of nitrogens with zero attached hydrogens (tertiary/aromatic N) is 1. The average Bonchev–Trinajstić information content (AvgIpc) is 3.38. The molecule has 9 heteroatoms. The number of rotatable bonds is 6. The van der Waals surface area contributed by atoms with E-state index in [1.54, 1.807) is 17.5 Å². The fourth-order valence-electron chi connectivity index (χ4n) is 2.86. The van der Waals surface area contributed by atoms with Crippen molar-refractivity contribution in [3.63, 3.8) is 0 Å². The van der Waals surface area contributed by atoms with Gasteiger partial charge in [-0.25, -0.2) is 17.8 Å². The number of halogens is 1.